The maximum Gasteiger partial charge on any atom is 0.306 e. The van der Waals surface area contributed by atoms with Crippen LogP contribution < -0.4 is 4.90 Å². The van der Waals surface area contributed by atoms with Gasteiger partial charge in [-0.3, -0.25) is 9.59 Å². The fourth-order valence-electron chi connectivity index (χ4n) is 5.11. The number of aromatic nitrogens is 3. The molecule has 2 aliphatic rings. The molecule has 2 saturated heterocycles. The summed E-state index contributed by atoms with van der Waals surface area (Å²) in [4.78, 5) is 33.5. The molecule has 0 aliphatic carbocycles. The van der Waals surface area contributed by atoms with E-state index in [4.69, 9.17) is 4.42 Å². The minimum Gasteiger partial charge on any atom is -0.471 e. The number of nitrogens with zero attached hydrogens (tertiary/aromatic N) is 6. The molecule has 0 radical (unpaired) electrons. The monoisotopic (exact) mass is 558 g/mol. The van der Waals surface area contributed by atoms with Crippen LogP contribution in [-0.4, -0.2) is 70.3 Å². The first-order valence-corrected chi connectivity index (χ1v) is 14.3. The average molecular weight is 559 g/mol. The number of amides is 1. The lowest BCUT2D eigenvalue weighted by Crippen LogP contribution is -2.51. The summed E-state index contributed by atoms with van der Waals surface area (Å²) in [5.74, 6) is -2.43. The Balaban J connectivity index is 1.52. The van der Waals surface area contributed by atoms with Crippen molar-refractivity contribution in [1.82, 2.24) is 23.4 Å². The minimum absolute atomic E-state index is 0.0734. The molecular formula is C26H31FN6O5S. The Bertz CT molecular complexity index is 1480. The molecule has 0 spiro atoms. The van der Waals surface area contributed by atoms with Gasteiger partial charge in [0.25, 0.3) is 5.91 Å². The van der Waals surface area contributed by atoms with E-state index in [1.54, 1.807) is 31.0 Å². The van der Waals surface area contributed by atoms with Gasteiger partial charge in [0.1, 0.15) is 18.0 Å². The maximum atomic E-state index is 13.7. The lowest BCUT2D eigenvalue weighted by atomic mass is 9.87. The van der Waals surface area contributed by atoms with Crippen molar-refractivity contribution in [3.05, 3.63) is 65.1 Å². The van der Waals surface area contributed by atoms with E-state index in [-0.39, 0.29) is 42.2 Å². The van der Waals surface area contributed by atoms with Gasteiger partial charge in [0.2, 0.25) is 11.9 Å². The van der Waals surface area contributed by atoms with Crippen LogP contribution in [0.1, 0.15) is 59.4 Å². The molecule has 3 aromatic rings. The summed E-state index contributed by atoms with van der Waals surface area (Å²) in [6.45, 7) is 4.71. The van der Waals surface area contributed by atoms with Crippen molar-refractivity contribution in [1.29, 1.82) is 0 Å². The van der Waals surface area contributed by atoms with Crippen molar-refractivity contribution in [3.63, 3.8) is 0 Å². The number of rotatable bonds is 7. The molecule has 2 aromatic heterocycles. The quantitative estimate of drug-likeness (QED) is 0.434. The molecular weight excluding hydrogens is 527 g/mol. The highest BCUT2D eigenvalue weighted by Gasteiger charge is 2.45. The standard InChI is InChI=1S/C26H31FN6O5S/c1-17-10-13-32(39(36,37)31-11-4-5-12-31)25(35)22(17)23-28-26(30(3)14-19-6-8-20(27)9-7-19)33(29-23)24(34)21-16-38-15-18(21)2/h6-9,15-17,22H,4-5,10-14H2,1-3H3. The Morgan fingerprint density at radius 3 is 2.49 bits per heavy atom. The zero-order valence-electron chi connectivity index (χ0n) is 22.1. The molecule has 13 heteroatoms. The maximum absolute atomic E-state index is 13.7. The van der Waals surface area contributed by atoms with Gasteiger partial charge in [-0.1, -0.05) is 19.1 Å². The van der Waals surface area contributed by atoms with E-state index in [9.17, 15) is 22.4 Å². The van der Waals surface area contributed by atoms with Crippen LogP contribution in [-0.2, 0) is 21.5 Å². The van der Waals surface area contributed by atoms with Crippen LogP contribution in [0, 0.1) is 18.7 Å². The van der Waals surface area contributed by atoms with Crippen molar-refractivity contribution >= 4 is 28.0 Å². The normalized spacial score (nSPS) is 20.5. The molecule has 5 rings (SSSR count). The number of hydrogen-bond acceptors (Lipinski definition) is 8. The second-order valence-electron chi connectivity index (χ2n) is 10.2. The van der Waals surface area contributed by atoms with E-state index in [1.807, 2.05) is 6.92 Å². The Morgan fingerprint density at radius 2 is 1.85 bits per heavy atom. The highest BCUT2D eigenvalue weighted by Crippen LogP contribution is 2.35. The van der Waals surface area contributed by atoms with Gasteiger partial charge < -0.3 is 9.32 Å². The van der Waals surface area contributed by atoms with E-state index < -0.39 is 27.9 Å². The summed E-state index contributed by atoms with van der Waals surface area (Å²) < 4.78 is 48.6. The molecule has 0 bridgehead atoms. The Hall–Kier alpha value is -3.58. The molecule has 1 amide bonds. The number of piperidine rings is 1. The van der Waals surface area contributed by atoms with Crippen LogP contribution >= 0.6 is 0 Å². The van der Waals surface area contributed by atoms with Crippen LogP contribution in [0.2, 0.25) is 0 Å². The number of carbonyl (C=O) groups excluding carboxylic acids is 2. The molecule has 2 aliphatic heterocycles. The van der Waals surface area contributed by atoms with E-state index in [0.29, 0.717) is 25.1 Å². The fourth-order valence-corrected chi connectivity index (χ4v) is 6.79. The second-order valence-corrected chi connectivity index (χ2v) is 12.1. The van der Waals surface area contributed by atoms with Crippen LogP contribution in [0.25, 0.3) is 0 Å². The van der Waals surface area contributed by atoms with E-state index >= 15 is 0 Å². The Morgan fingerprint density at radius 1 is 1.15 bits per heavy atom. The lowest BCUT2D eigenvalue weighted by molar-refractivity contribution is -0.132. The molecule has 2 fully saturated rings. The zero-order chi connectivity index (χ0) is 27.9. The van der Waals surface area contributed by atoms with Gasteiger partial charge in [-0.2, -0.15) is 22.4 Å². The van der Waals surface area contributed by atoms with Crippen LogP contribution in [0.15, 0.2) is 41.2 Å². The third-order valence-corrected chi connectivity index (χ3v) is 9.31. The van der Waals surface area contributed by atoms with E-state index in [1.165, 1.54) is 29.0 Å². The van der Waals surface area contributed by atoms with Gasteiger partial charge in [-0.25, -0.2) is 8.70 Å². The molecule has 0 saturated carbocycles. The minimum atomic E-state index is -3.96. The van der Waals surface area contributed by atoms with Crippen molar-refractivity contribution in [3.8, 4) is 0 Å². The molecule has 208 valence electrons. The number of furan rings is 1. The number of aryl methyl sites for hydroxylation is 1. The lowest BCUT2D eigenvalue weighted by Gasteiger charge is -2.36. The van der Waals surface area contributed by atoms with Crippen LogP contribution in [0.5, 0.6) is 0 Å². The first-order valence-electron chi connectivity index (χ1n) is 12.9. The second kappa shape index (κ2) is 10.5. The van der Waals surface area contributed by atoms with Crippen molar-refractivity contribution in [2.24, 2.45) is 5.92 Å². The van der Waals surface area contributed by atoms with Crippen molar-refractivity contribution in [2.45, 2.75) is 45.6 Å². The van der Waals surface area contributed by atoms with Gasteiger partial charge in [0, 0.05) is 38.8 Å². The summed E-state index contributed by atoms with van der Waals surface area (Å²) in [6.07, 6.45) is 4.72. The van der Waals surface area contributed by atoms with E-state index in [0.717, 1.165) is 27.4 Å². The van der Waals surface area contributed by atoms with Crippen LogP contribution in [0.4, 0.5) is 10.3 Å². The summed E-state index contributed by atoms with van der Waals surface area (Å²) >= 11 is 0. The van der Waals surface area contributed by atoms with Gasteiger partial charge in [-0.05, 0) is 49.8 Å². The molecule has 4 heterocycles. The third-order valence-electron chi connectivity index (χ3n) is 7.38. The number of benzene rings is 1. The molecule has 2 unspecified atom stereocenters. The van der Waals surface area contributed by atoms with Gasteiger partial charge >= 0.3 is 10.2 Å². The predicted molar refractivity (Wildman–Crippen MR) is 140 cm³/mol. The molecule has 39 heavy (non-hydrogen) atoms. The number of carbonyl (C=O) groups is 2. The van der Waals surface area contributed by atoms with Gasteiger partial charge in [-0.15, -0.1) is 5.10 Å². The summed E-state index contributed by atoms with van der Waals surface area (Å²) in [5, 5.41) is 4.48. The number of halogens is 1. The topological polar surface area (TPSA) is 122 Å². The Labute approximate surface area is 226 Å². The average Bonchev–Trinajstić information content (AvgIpc) is 3.66. The first kappa shape index (κ1) is 27.0. The summed E-state index contributed by atoms with van der Waals surface area (Å²) in [7, 11) is -2.25. The zero-order valence-corrected chi connectivity index (χ0v) is 22.9. The summed E-state index contributed by atoms with van der Waals surface area (Å²) in [5.41, 5.74) is 1.66. The third kappa shape index (κ3) is 5.08. The van der Waals surface area contributed by atoms with Crippen LogP contribution in [0.3, 0.4) is 0 Å². The van der Waals surface area contributed by atoms with Crippen molar-refractivity contribution in [2.75, 3.05) is 31.6 Å². The molecule has 0 N–H and O–H groups in total. The first-order chi connectivity index (χ1) is 18.6. The van der Waals surface area contributed by atoms with Gasteiger partial charge in [0.05, 0.1) is 11.8 Å². The summed E-state index contributed by atoms with van der Waals surface area (Å²) in [6, 6.07) is 5.95. The fraction of sp³-hybridized carbons (Fsp3) is 0.462. The van der Waals surface area contributed by atoms with Gasteiger partial charge in [0.15, 0.2) is 5.82 Å². The number of anilines is 1. The SMILES string of the molecule is Cc1cocc1C(=O)n1nc(C2C(=O)N(S(=O)(=O)N3CCCC3)CCC2C)nc1N(C)Cc1ccc(F)cc1. The smallest absolute Gasteiger partial charge is 0.306 e. The largest absolute Gasteiger partial charge is 0.471 e. The molecule has 11 nitrogen and oxygen atoms in total. The number of hydrogen-bond donors (Lipinski definition) is 0. The molecule has 2 atom stereocenters. The van der Waals surface area contributed by atoms with Crippen molar-refractivity contribution < 1.29 is 26.8 Å². The Kier molecular flexibility index (Phi) is 7.29. The predicted octanol–water partition coefficient (Wildman–Crippen LogP) is 2.94. The molecule has 1 aromatic carbocycles. The van der Waals surface area contributed by atoms with E-state index in [2.05, 4.69) is 10.1 Å². The highest BCUT2D eigenvalue weighted by molar-refractivity contribution is 7.87. The highest BCUT2D eigenvalue weighted by atomic mass is 32.2.